The minimum Gasteiger partial charge on any atom is -0.350 e. The minimum atomic E-state index is -0.200. The maximum Gasteiger partial charge on any atom is 0.271 e. The zero-order valence-electron chi connectivity index (χ0n) is 10.3. The van der Waals surface area contributed by atoms with Crippen LogP contribution >= 0.6 is 11.3 Å². The van der Waals surface area contributed by atoms with E-state index >= 15 is 0 Å². The van der Waals surface area contributed by atoms with E-state index in [1.54, 1.807) is 17.5 Å². The van der Waals surface area contributed by atoms with Gasteiger partial charge in [-0.05, 0) is 13.8 Å². The van der Waals surface area contributed by atoms with Crippen LogP contribution in [0.25, 0.3) is 0 Å². The Morgan fingerprint density at radius 1 is 1.33 bits per heavy atom. The highest BCUT2D eigenvalue weighted by Gasteiger charge is 2.07. The van der Waals surface area contributed by atoms with E-state index < -0.39 is 0 Å². The van der Waals surface area contributed by atoms with Crippen LogP contribution in [-0.4, -0.2) is 27.4 Å². The summed E-state index contributed by atoms with van der Waals surface area (Å²) in [5, 5.41) is 5.85. The fourth-order valence-corrected chi connectivity index (χ4v) is 2.07. The Hall–Kier alpha value is -1.82. The molecule has 0 spiro atoms. The molecule has 5 nitrogen and oxygen atoms in total. The van der Waals surface area contributed by atoms with Crippen LogP contribution in [-0.2, 0) is 6.42 Å². The van der Waals surface area contributed by atoms with Crippen molar-refractivity contribution in [2.75, 3.05) is 6.54 Å². The fraction of sp³-hybridized carbons (Fsp3) is 0.333. The second-order valence-corrected chi connectivity index (χ2v) is 4.97. The van der Waals surface area contributed by atoms with Gasteiger partial charge in [-0.25, -0.2) is 9.97 Å². The number of amides is 1. The average molecular weight is 262 g/mol. The topological polar surface area (TPSA) is 67.8 Å². The first kappa shape index (κ1) is 12.6. The van der Waals surface area contributed by atoms with Gasteiger partial charge in [0.15, 0.2) is 0 Å². The van der Waals surface area contributed by atoms with Crippen LogP contribution in [0.4, 0.5) is 0 Å². The molecule has 2 aromatic rings. The fourth-order valence-electron chi connectivity index (χ4n) is 1.43. The van der Waals surface area contributed by atoms with Crippen LogP contribution in [0.1, 0.15) is 26.9 Å². The predicted octanol–water partition coefficient (Wildman–Crippen LogP) is 1.52. The number of hydrogen-bond donors (Lipinski definition) is 1. The Kier molecular flexibility index (Phi) is 3.99. The number of rotatable bonds is 4. The van der Waals surface area contributed by atoms with Gasteiger partial charge in [-0.2, -0.15) is 0 Å². The summed E-state index contributed by atoms with van der Waals surface area (Å²) >= 11 is 1.62. The van der Waals surface area contributed by atoms with Crippen molar-refractivity contribution in [1.82, 2.24) is 20.3 Å². The average Bonchev–Trinajstić information content (AvgIpc) is 2.76. The normalized spacial score (nSPS) is 10.3. The van der Waals surface area contributed by atoms with Crippen LogP contribution in [0.15, 0.2) is 17.8 Å². The lowest BCUT2D eigenvalue weighted by Crippen LogP contribution is -2.26. The van der Waals surface area contributed by atoms with Gasteiger partial charge >= 0.3 is 0 Å². The largest absolute Gasteiger partial charge is 0.350 e. The molecule has 0 aliphatic heterocycles. The molecule has 2 aromatic heterocycles. The molecule has 6 heteroatoms. The second kappa shape index (κ2) is 5.68. The molecule has 1 amide bonds. The summed E-state index contributed by atoms with van der Waals surface area (Å²) in [6.45, 7) is 4.35. The lowest BCUT2D eigenvalue weighted by molar-refractivity contribution is 0.0948. The molecular weight excluding hydrogens is 248 g/mol. The smallest absolute Gasteiger partial charge is 0.271 e. The van der Waals surface area contributed by atoms with Crippen molar-refractivity contribution in [2.45, 2.75) is 20.3 Å². The lowest BCUT2D eigenvalue weighted by Gasteiger charge is -2.03. The second-order valence-electron chi connectivity index (χ2n) is 3.91. The molecule has 1 N–H and O–H groups in total. The highest BCUT2D eigenvalue weighted by atomic mass is 32.1. The summed E-state index contributed by atoms with van der Waals surface area (Å²) in [7, 11) is 0. The summed E-state index contributed by atoms with van der Waals surface area (Å²) in [4.78, 5) is 24.1. The zero-order valence-corrected chi connectivity index (χ0v) is 11.1. The van der Waals surface area contributed by atoms with Gasteiger partial charge in [0.25, 0.3) is 5.91 Å². The summed E-state index contributed by atoms with van der Waals surface area (Å²) in [5.74, 6) is -0.200. The molecule has 0 bridgehead atoms. The van der Waals surface area contributed by atoms with Crippen molar-refractivity contribution in [3.8, 4) is 0 Å². The molecule has 0 aromatic carbocycles. The van der Waals surface area contributed by atoms with E-state index in [2.05, 4.69) is 20.3 Å². The van der Waals surface area contributed by atoms with Gasteiger partial charge in [-0.15, -0.1) is 11.3 Å². The molecule has 0 aliphatic carbocycles. The molecule has 0 atom stereocenters. The Morgan fingerprint density at radius 2 is 2.17 bits per heavy atom. The summed E-state index contributed by atoms with van der Waals surface area (Å²) in [6, 6.07) is 0. The summed E-state index contributed by atoms with van der Waals surface area (Å²) in [6.07, 6.45) is 3.80. The van der Waals surface area contributed by atoms with Crippen molar-refractivity contribution in [3.63, 3.8) is 0 Å². The molecule has 0 fully saturated rings. The number of hydrogen-bond acceptors (Lipinski definition) is 5. The lowest BCUT2D eigenvalue weighted by atomic mass is 10.3. The van der Waals surface area contributed by atoms with Gasteiger partial charge in [-0.3, -0.25) is 9.78 Å². The van der Waals surface area contributed by atoms with E-state index in [1.165, 1.54) is 6.20 Å². The third kappa shape index (κ3) is 3.33. The zero-order chi connectivity index (χ0) is 13.0. The molecule has 0 radical (unpaired) electrons. The molecule has 0 aliphatic rings. The van der Waals surface area contributed by atoms with E-state index in [0.29, 0.717) is 12.2 Å². The molecule has 0 unspecified atom stereocenters. The molecule has 2 rings (SSSR count). The van der Waals surface area contributed by atoms with Crippen LogP contribution < -0.4 is 5.32 Å². The van der Waals surface area contributed by atoms with Crippen molar-refractivity contribution in [1.29, 1.82) is 0 Å². The number of thiazole rings is 1. The molecular formula is C12H14N4OS. The quantitative estimate of drug-likeness (QED) is 0.907. The van der Waals surface area contributed by atoms with Gasteiger partial charge < -0.3 is 5.32 Å². The number of aromatic nitrogens is 3. The van der Waals surface area contributed by atoms with Crippen LogP contribution in [0.3, 0.4) is 0 Å². The minimum absolute atomic E-state index is 0.200. The highest BCUT2D eigenvalue weighted by Crippen LogP contribution is 2.07. The van der Waals surface area contributed by atoms with E-state index in [4.69, 9.17) is 0 Å². The van der Waals surface area contributed by atoms with Crippen molar-refractivity contribution in [3.05, 3.63) is 39.9 Å². The molecule has 94 valence electrons. The Morgan fingerprint density at radius 3 is 2.78 bits per heavy atom. The van der Waals surface area contributed by atoms with Gasteiger partial charge in [-0.1, -0.05) is 0 Å². The van der Waals surface area contributed by atoms with E-state index in [1.807, 2.05) is 19.2 Å². The molecule has 18 heavy (non-hydrogen) atoms. The van der Waals surface area contributed by atoms with Crippen LogP contribution in [0, 0.1) is 13.8 Å². The first-order valence-corrected chi connectivity index (χ1v) is 6.51. The Balaban J connectivity index is 1.83. The van der Waals surface area contributed by atoms with E-state index in [0.717, 1.165) is 22.8 Å². The molecule has 2 heterocycles. The van der Waals surface area contributed by atoms with Gasteiger partial charge in [0, 0.05) is 24.5 Å². The van der Waals surface area contributed by atoms with Crippen LogP contribution in [0.5, 0.6) is 0 Å². The summed E-state index contributed by atoms with van der Waals surface area (Å²) in [5.41, 5.74) is 2.15. The van der Waals surface area contributed by atoms with Crippen molar-refractivity contribution < 1.29 is 4.79 Å². The van der Waals surface area contributed by atoms with E-state index in [9.17, 15) is 4.79 Å². The maximum atomic E-state index is 11.7. The van der Waals surface area contributed by atoms with Gasteiger partial charge in [0.2, 0.25) is 0 Å². The SMILES string of the molecule is Cc1cnc(C(=O)NCCc2csc(C)n2)cn1. The van der Waals surface area contributed by atoms with E-state index in [-0.39, 0.29) is 5.91 Å². The molecule has 0 saturated carbocycles. The standard InChI is InChI=1S/C12H14N4OS/c1-8-5-15-11(6-14-8)12(17)13-4-3-10-7-18-9(2)16-10/h5-7H,3-4H2,1-2H3,(H,13,17). The first-order chi connectivity index (χ1) is 8.65. The first-order valence-electron chi connectivity index (χ1n) is 5.63. The summed E-state index contributed by atoms with van der Waals surface area (Å²) < 4.78 is 0. The predicted molar refractivity (Wildman–Crippen MR) is 69.7 cm³/mol. The number of carbonyl (C=O) groups is 1. The monoisotopic (exact) mass is 262 g/mol. The van der Waals surface area contributed by atoms with Crippen molar-refractivity contribution in [2.24, 2.45) is 0 Å². The number of nitrogens with zero attached hydrogens (tertiary/aromatic N) is 3. The van der Waals surface area contributed by atoms with Crippen molar-refractivity contribution >= 4 is 17.2 Å². The Bertz CT molecular complexity index is 535. The highest BCUT2D eigenvalue weighted by molar-refractivity contribution is 7.09. The van der Waals surface area contributed by atoms with Gasteiger partial charge in [0.05, 0.1) is 22.6 Å². The number of nitrogens with one attached hydrogen (secondary N) is 1. The Labute approximate surface area is 109 Å². The number of aryl methyl sites for hydroxylation is 2. The molecule has 0 saturated heterocycles. The van der Waals surface area contributed by atoms with Gasteiger partial charge in [0.1, 0.15) is 5.69 Å². The van der Waals surface area contributed by atoms with Crippen LogP contribution in [0.2, 0.25) is 0 Å². The third-order valence-corrected chi connectivity index (χ3v) is 3.17. The third-order valence-electron chi connectivity index (χ3n) is 2.35. The number of carbonyl (C=O) groups excluding carboxylic acids is 1. The maximum absolute atomic E-state index is 11.7.